The molecule has 4 nitrogen and oxygen atoms in total. The second-order valence-corrected chi connectivity index (χ2v) is 7.53. The highest BCUT2D eigenvalue weighted by Gasteiger charge is 2.15. The van der Waals surface area contributed by atoms with Gasteiger partial charge in [-0.25, -0.2) is 4.98 Å². The van der Waals surface area contributed by atoms with Gasteiger partial charge in [-0.3, -0.25) is 9.78 Å². The van der Waals surface area contributed by atoms with Gasteiger partial charge >= 0.3 is 0 Å². The number of benzene rings is 2. The van der Waals surface area contributed by atoms with Gasteiger partial charge in [-0.15, -0.1) is 0 Å². The van der Waals surface area contributed by atoms with Crippen LogP contribution in [0.4, 0.5) is 0 Å². The van der Waals surface area contributed by atoms with Crippen molar-refractivity contribution in [3.8, 4) is 22.4 Å². The molecule has 4 aromatic rings. The van der Waals surface area contributed by atoms with E-state index in [1.165, 1.54) is 5.56 Å². The lowest BCUT2D eigenvalue weighted by Gasteiger charge is -2.11. The minimum Gasteiger partial charge on any atom is -0.310 e. The SMILES string of the molecule is Cc1ccc(-c2c(-c3ccncc3)nc(CCCCc3ccccc3)[nH]c2=O)cc1. The Morgan fingerprint density at radius 2 is 1.50 bits per heavy atom. The van der Waals surface area contributed by atoms with Gasteiger partial charge < -0.3 is 4.98 Å². The minimum atomic E-state index is -0.0984. The lowest BCUT2D eigenvalue weighted by molar-refractivity contribution is 0.705. The Kier molecular flexibility index (Phi) is 6.14. The van der Waals surface area contributed by atoms with Crippen LogP contribution < -0.4 is 5.56 Å². The Morgan fingerprint density at radius 1 is 0.800 bits per heavy atom. The Morgan fingerprint density at radius 3 is 2.23 bits per heavy atom. The number of rotatable bonds is 7. The van der Waals surface area contributed by atoms with Gasteiger partial charge in [0.15, 0.2) is 0 Å². The number of aromatic nitrogens is 3. The molecule has 2 heterocycles. The zero-order chi connectivity index (χ0) is 20.8. The molecule has 0 radical (unpaired) electrons. The third-order valence-corrected chi connectivity index (χ3v) is 5.23. The second-order valence-electron chi connectivity index (χ2n) is 7.53. The molecule has 4 rings (SSSR count). The molecule has 0 aliphatic carbocycles. The van der Waals surface area contributed by atoms with E-state index in [-0.39, 0.29) is 5.56 Å². The van der Waals surface area contributed by atoms with Gasteiger partial charge in [0.25, 0.3) is 5.56 Å². The highest BCUT2D eigenvalue weighted by molar-refractivity contribution is 5.79. The first kappa shape index (κ1) is 19.8. The number of aryl methyl sites for hydroxylation is 3. The molecule has 0 amide bonds. The van der Waals surface area contributed by atoms with Crippen LogP contribution in [0.1, 0.15) is 29.8 Å². The van der Waals surface area contributed by atoms with Crippen LogP contribution in [0.5, 0.6) is 0 Å². The molecular formula is C26H25N3O. The summed E-state index contributed by atoms with van der Waals surface area (Å²) < 4.78 is 0. The molecule has 0 spiro atoms. The summed E-state index contributed by atoms with van der Waals surface area (Å²) in [6, 6.07) is 22.3. The van der Waals surface area contributed by atoms with Gasteiger partial charge in [-0.1, -0.05) is 60.2 Å². The predicted molar refractivity (Wildman–Crippen MR) is 121 cm³/mol. The lowest BCUT2D eigenvalue weighted by Crippen LogP contribution is -2.16. The maximum Gasteiger partial charge on any atom is 0.259 e. The number of unbranched alkanes of at least 4 members (excludes halogenated alkanes) is 1. The molecule has 2 aromatic heterocycles. The fourth-order valence-corrected chi connectivity index (χ4v) is 3.61. The molecule has 30 heavy (non-hydrogen) atoms. The van der Waals surface area contributed by atoms with E-state index >= 15 is 0 Å². The van der Waals surface area contributed by atoms with E-state index in [0.717, 1.165) is 48.2 Å². The van der Waals surface area contributed by atoms with Crippen molar-refractivity contribution in [3.63, 3.8) is 0 Å². The number of nitrogens with one attached hydrogen (secondary N) is 1. The van der Waals surface area contributed by atoms with Crippen molar-refractivity contribution in [1.82, 2.24) is 15.0 Å². The Bertz CT molecular complexity index is 1150. The number of hydrogen-bond acceptors (Lipinski definition) is 3. The fraction of sp³-hybridized carbons (Fsp3) is 0.192. The fourth-order valence-electron chi connectivity index (χ4n) is 3.61. The van der Waals surface area contributed by atoms with Crippen LogP contribution in [0.15, 0.2) is 83.9 Å². The van der Waals surface area contributed by atoms with E-state index < -0.39 is 0 Å². The summed E-state index contributed by atoms with van der Waals surface area (Å²) in [6.45, 7) is 2.04. The van der Waals surface area contributed by atoms with Gasteiger partial charge in [0, 0.05) is 24.4 Å². The molecule has 0 aliphatic heterocycles. The first-order valence-electron chi connectivity index (χ1n) is 10.4. The van der Waals surface area contributed by atoms with Crippen LogP contribution in [-0.2, 0) is 12.8 Å². The van der Waals surface area contributed by atoms with Crippen LogP contribution in [0.25, 0.3) is 22.4 Å². The highest BCUT2D eigenvalue weighted by atomic mass is 16.1. The normalized spacial score (nSPS) is 10.8. The van der Waals surface area contributed by atoms with Gasteiger partial charge in [0.05, 0.1) is 11.3 Å². The van der Waals surface area contributed by atoms with Gasteiger partial charge in [0.2, 0.25) is 0 Å². The molecule has 0 aliphatic rings. The Hall–Kier alpha value is -3.53. The molecule has 0 bridgehead atoms. The lowest BCUT2D eigenvalue weighted by atomic mass is 10.00. The third-order valence-electron chi connectivity index (χ3n) is 5.23. The number of nitrogens with zero attached hydrogens (tertiary/aromatic N) is 2. The first-order chi connectivity index (χ1) is 14.7. The molecule has 0 saturated heterocycles. The molecule has 0 unspecified atom stereocenters. The maximum atomic E-state index is 13.1. The van der Waals surface area contributed by atoms with E-state index in [2.05, 4.69) is 34.2 Å². The number of pyridine rings is 1. The first-order valence-corrected chi connectivity index (χ1v) is 10.4. The molecule has 0 saturated carbocycles. The van der Waals surface area contributed by atoms with Crippen molar-refractivity contribution >= 4 is 0 Å². The summed E-state index contributed by atoms with van der Waals surface area (Å²) in [4.78, 5) is 25.0. The van der Waals surface area contributed by atoms with Crippen molar-refractivity contribution in [2.45, 2.75) is 32.6 Å². The van der Waals surface area contributed by atoms with Crippen molar-refractivity contribution < 1.29 is 0 Å². The van der Waals surface area contributed by atoms with E-state index in [0.29, 0.717) is 11.3 Å². The summed E-state index contributed by atoms with van der Waals surface area (Å²) in [5.41, 5.74) is 5.49. The third kappa shape index (κ3) is 4.71. The Labute approximate surface area is 176 Å². The smallest absolute Gasteiger partial charge is 0.259 e. The summed E-state index contributed by atoms with van der Waals surface area (Å²) in [6.07, 6.45) is 7.26. The van der Waals surface area contributed by atoms with Crippen LogP contribution in [0.3, 0.4) is 0 Å². The summed E-state index contributed by atoms with van der Waals surface area (Å²) in [7, 11) is 0. The predicted octanol–water partition coefficient (Wildman–Crippen LogP) is 5.37. The average Bonchev–Trinajstić information content (AvgIpc) is 2.78. The second kappa shape index (κ2) is 9.31. The summed E-state index contributed by atoms with van der Waals surface area (Å²) in [5.74, 6) is 0.732. The van der Waals surface area contributed by atoms with E-state index in [1.54, 1.807) is 12.4 Å². The average molecular weight is 396 g/mol. The maximum absolute atomic E-state index is 13.1. The van der Waals surface area contributed by atoms with Crippen molar-refractivity contribution in [1.29, 1.82) is 0 Å². The van der Waals surface area contributed by atoms with E-state index in [1.807, 2.05) is 49.4 Å². The standard InChI is InChI=1S/C26H25N3O/c1-19-11-13-21(14-12-19)24-25(22-15-17-27-18-16-22)28-23(29-26(24)30)10-6-5-9-20-7-3-2-4-8-20/h2-4,7-8,11-18H,5-6,9-10H2,1H3,(H,28,29,30). The van der Waals surface area contributed by atoms with Gasteiger partial charge in [0.1, 0.15) is 5.82 Å². The Balaban J connectivity index is 1.61. The molecule has 0 atom stereocenters. The van der Waals surface area contributed by atoms with Gasteiger partial charge in [-0.2, -0.15) is 0 Å². The molecule has 0 fully saturated rings. The van der Waals surface area contributed by atoms with Gasteiger partial charge in [-0.05, 0) is 49.4 Å². The van der Waals surface area contributed by atoms with Crippen molar-refractivity contribution in [2.75, 3.05) is 0 Å². The highest BCUT2D eigenvalue weighted by Crippen LogP contribution is 2.27. The van der Waals surface area contributed by atoms with Crippen LogP contribution >= 0.6 is 0 Å². The molecule has 4 heteroatoms. The summed E-state index contributed by atoms with van der Waals surface area (Å²) >= 11 is 0. The molecular weight excluding hydrogens is 370 g/mol. The molecule has 1 N–H and O–H groups in total. The van der Waals surface area contributed by atoms with Crippen molar-refractivity contribution in [2.24, 2.45) is 0 Å². The number of aromatic amines is 1. The zero-order valence-electron chi connectivity index (χ0n) is 17.1. The summed E-state index contributed by atoms with van der Waals surface area (Å²) in [5, 5.41) is 0. The van der Waals surface area contributed by atoms with Crippen LogP contribution in [-0.4, -0.2) is 15.0 Å². The van der Waals surface area contributed by atoms with E-state index in [9.17, 15) is 4.79 Å². The minimum absolute atomic E-state index is 0.0984. The largest absolute Gasteiger partial charge is 0.310 e. The molecule has 150 valence electrons. The van der Waals surface area contributed by atoms with Crippen LogP contribution in [0.2, 0.25) is 0 Å². The monoisotopic (exact) mass is 395 g/mol. The van der Waals surface area contributed by atoms with E-state index in [4.69, 9.17) is 4.98 Å². The molecule has 2 aromatic carbocycles. The van der Waals surface area contributed by atoms with Crippen molar-refractivity contribution in [3.05, 3.63) is 106 Å². The number of H-pyrrole nitrogens is 1. The van der Waals surface area contributed by atoms with Crippen LogP contribution in [0, 0.1) is 6.92 Å². The topological polar surface area (TPSA) is 58.6 Å². The zero-order valence-corrected chi connectivity index (χ0v) is 17.1. The number of hydrogen-bond donors (Lipinski definition) is 1. The quantitative estimate of drug-likeness (QED) is 0.428.